The van der Waals surface area contributed by atoms with Gasteiger partial charge in [-0.3, -0.25) is 14.3 Å². The van der Waals surface area contributed by atoms with Crippen molar-refractivity contribution in [2.45, 2.75) is 62.4 Å². The van der Waals surface area contributed by atoms with Crippen LogP contribution < -0.4 is 5.56 Å². The molecule has 0 spiro atoms. The van der Waals surface area contributed by atoms with Gasteiger partial charge in [0.15, 0.2) is 17.4 Å². The van der Waals surface area contributed by atoms with Gasteiger partial charge >= 0.3 is 0 Å². The molecule has 4 saturated heterocycles. The summed E-state index contributed by atoms with van der Waals surface area (Å²) in [4.78, 5) is 30.3. The summed E-state index contributed by atoms with van der Waals surface area (Å²) in [6.45, 7) is 3.47. The highest BCUT2D eigenvalue weighted by atomic mass is 31.2. The van der Waals surface area contributed by atoms with E-state index < -0.39 is 26.5 Å². The molecule has 0 saturated carbocycles. The van der Waals surface area contributed by atoms with Gasteiger partial charge in [-0.15, -0.1) is 0 Å². The van der Waals surface area contributed by atoms with Gasteiger partial charge in [-0.2, -0.15) is 4.98 Å². The zero-order chi connectivity index (χ0) is 26.7. The molecule has 7 atom stereocenters. The second-order valence-corrected chi connectivity index (χ2v) is 12.1. The molecule has 0 amide bonds. The van der Waals surface area contributed by atoms with Crippen LogP contribution in [0.25, 0.3) is 11.2 Å². The molecule has 6 heterocycles. The molecule has 7 rings (SSSR count). The molecule has 39 heavy (non-hydrogen) atoms. The maximum Gasteiger partial charge on any atom is 0.280 e. The zero-order valence-corrected chi connectivity index (χ0v) is 23.0. The van der Waals surface area contributed by atoms with Gasteiger partial charge in [0.2, 0.25) is 5.95 Å². The number of benzene rings is 1. The van der Waals surface area contributed by atoms with Crippen LogP contribution >= 0.6 is 8.53 Å². The minimum Gasteiger partial charge on any atom is -0.369 e. The lowest BCUT2D eigenvalue weighted by Gasteiger charge is -2.31. The first-order valence-electron chi connectivity index (χ1n) is 13.4. The van der Waals surface area contributed by atoms with Crippen LogP contribution in [0.15, 0.2) is 46.4 Å². The standard InChI is InChI=1S/C26H32N7O5P/c1-4-26-13-35-20(21(26)38-39-33-12-8-11-17(33)19(37-39)16-9-6-5-7-10-16)24(36-26)32-15-27-18-22(32)29-25(30-23(18)34)28-14-31(2)3/h5-7,9-10,14-15,17,19-21,24H,4,8,11-13H2,1-3H3,(H,29,30,34)/b28-14+/t17-,19+,20?,21+,24+,26-,39+/m0/s1. The van der Waals surface area contributed by atoms with Crippen molar-refractivity contribution in [2.24, 2.45) is 4.99 Å². The van der Waals surface area contributed by atoms with E-state index in [1.54, 1.807) is 22.1 Å². The fraction of sp³-hybridized carbons (Fsp3) is 0.538. The first kappa shape index (κ1) is 25.3. The van der Waals surface area contributed by atoms with Gasteiger partial charge in [-0.25, -0.2) is 14.6 Å². The summed E-state index contributed by atoms with van der Waals surface area (Å²) in [7, 11) is 2.40. The predicted molar refractivity (Wildman–Crippen MR) is 145 cm³/mol. The largest absolute Gasteiger partial charge is 0.369 e. The summed E-state index contributed by atoms with van der Waals surface area (Å²) in [5, 5.41) is 0. The van der Waals surface area contributed by atoms with Crippen LogP contribution in [0.2, 0.25) is 0 Å². The summed E-state index contributed by atoms with van der Waals surface area (Å²) in [6, 6.07) is 10.7. The van der Waals surface area contributed by atoms with Crippen molar-refractivity contribution < 1.29 is 18.5 Å². The van der Waals surface area contributed by atoms with E-state index in [1.165, 1.54) is 5.56 Å². The molecule has 3 aromatic rings. The predicted octanol–water partition coefficient (Wildman–Crippen LogP) is 3.27. The van der Waals surface area contributed by atoms with Crippen molar-refractivity contribution in [3.05, 3.63) is 52.6 Å². The molecule has 0 aliphatic carbocycles. The van der Waals surface area contributed by atoms with E-state index in [1.807, 2.05) is 20.2 Å². The Morgan fingerprint density at radius 3 is 2.97 bits per heavy atom. The van der Waals surface area contributed by atoms with E-state index in [0.717, 1.165) is 19.4 Å². The summed E-state index contributed by atoms with van der Waals surface area (Å²) < 4.78 is 30.6. The molecule has 4 fully saturated rings. The van der Waals surface area contributed by atoms with Crippen molar-refractivity contribution in [2.75, 3.05) is 27.2 Å². The lowest BCUT2D eigenvalue weighted by Crippen LogP contribution is -2.41. The fourth-order valence-corrected chi connectivity index (χ4v) is 8.10. The highest BCUT2D eigenvalue weighted by Gasteiger charge is 2.64. The van der Waals surface area contributed by atoms with E-state index in [-0.39, 0.29) is 29.2 Å². The molecule has 2 bridgehead atoms. The number of hydrogen-bond acceptors (Lipinski definition) is 9. The quantitative estimate of drug-likeness (QED) is 0.267. The van der Waals surface area contributed by atoms with Gasteiger partial charge < -0.3 is 23.4 Å². The summed E-state index contributed by atoms with van der Waals surface area (Å²) in [6.07, 6.45) is 4.79. The fourth-order valence-electron chi connectivity index (χ4n) is 6.06. The maximum absolute atomic E-state index is 12.7. The van der Waals surface area contributed by atoms with E-state index >= 15 is 0 Å². The molecule has 206 valence electrons. The Balaban J connectivity index is 1.19. The van der Waals surface area contributed by atoms with Crippen molar-refractivity contribution in [1.82, 2.24) is 29.1 Å². The Bertz CT molecular complexity index is 1450. The number of nitrogens with one attached hydrogen (secondary N) is 1. The molecular formula is C26H32N7O5P. The monoisotopic (exact) mass is 553 g/mol. The summed E-state index contributed by atoms with van der Waals surface area (Å²) in [5.74, 6) is 0.194. The third-order valence-electron chi connectivity index (χ3n) is 8.04. The minimum atomic E-state index is -1.29. The van der Waals surface area contributed by atoms with Crippen molar-refractivity contribution in [3.63, 3.8) is 0 Å². The normalized spacial score (nSPS) is 34.0. The highest BCUT2D eigenvalue weighted by molar-refractivity contribution is 7.45. The Kier molecular flexibility index (Phi) is 6.30. The van der Waals surface area contributed by atoms with E-state index in [2.05, 4.69) is 55.8 Å². The maximum atomic E-state index is 12.7. The van der Waals surface area contributed by atoms with Crippen LogP contribution in [0.5, 0.6) is 0 Å². The van der Waals surface area contributed by atoms with E-state index in [4.69, 9.17) is 18.5 Å². The van der Waals surface area contributed by atoms with Gasteiger partial charge in [0.05, 0.1) is 19.3 Å². The molecule has 4 aliphatic rings. The average Bonchev–Trinajstić information content (AvgIpc) is 3.75. The molecule has 4 aliphatic heterocycles. The Labute approximate surface area is 226 Å². The smallest absolute Gasteiger partial charge is 0.280 e. The zero-order valence-electron chi connectivity index (χ0n) is 22.1. The van der Waals surface area contributed by atoms with Crippen molar-refractivity contribution in [1.29, 1.82) is 0 Å². The number of aromatic amines is 1. The number of nitrogens with zero attached hydrogens (tertiary/aromatic N) is 6. The second-order valence-electron chi connectivity index (χ2n) is 10.7. The van der Waals surface area contributed by atoms with Gasteiger partial charge in [0.25, 0.3) is 14.1 Å². The number of H-pyrrole nitrogens is 1. The number of rotatable bonds is 7. The van der Waals surface area contributed by atoms with Crippen LogP contribution in [0, 0.1) is 0 Å². The summed E-state index contributed by atoms with van der Waals surface area (Å²) in [5.41, 5.74) is 0.804. The Morgan fingerprint density at radius 1 is 1.33 bits per heavy atom. The number of aromatic nitrogens is 4. The minimum absolute atomic E-state index is 0.0104. The third-order valence-corrected chi connectivity index (χ3v) is 9.77. The van der Waals surface area contributed by atoms with Crippen LogP contribution in [0.1, 0.15) is 44.1 Å². The molecule has 12 nitrogen and oxygen atoms in total. The molecule has 1 aromatic carbocycles. The van der Waals surface area contributed by atoms with Crippen LogP contribution in [-0.2, 0) is 18.5 Å². The molecule has 2 aromatic heterocycles. The van der Waals surface area contributed by atoms with E-state index in [0.29, 0.717) is 24.7 Å². The molecule has 1 N–H and O–H groups in total. The third kappa shape index (κ3) is 4.13. The number of aliphatic imine (C=N–C) groups is 1. The van der Waals surface area contributed by atoms with Crippen LogP contribution in [-0.4, -0.2) is 86.5 Å². The van der Waals surface area contributed by atoms with Crippen molar-refractivity contribution in [3.8, 4) is 0 Å². The number of ether oxygens (including phenoxy) is 2. The molecule has 0 radical (unpaired) electrons. The Morgan fingerprint density at radius 2 is 2.18 bits per heavy atom. The van der Waals surface area contributed by atoms with Gasteiger partial charge in [-0.1, -0.05) is 37.3 Å². The van der Waals surface area contributed by atoms with E-state index in [9.17, 15) is 4.79 Å². The topological polar surface area (TPSA) is 119 Å². The van der Waals surface area contributed by atoms with Crippen LogP contribution in [0.4, 0.5) is 5.95 Å². The first-order chi connectivity index (χ1) is 19.0. The summed E-state index contributed by atoms with van der Waals surface area (Å²) >= 11 is 0. The Hall–Kier alpha value is -2.73. The second kappa shape index (κ2) is 9.72. The lowest BCUT2D eigenvalue weighted by atomic mass is 9.96. The SMILES string of the molecule is CC[C@@]12COC([C@H](n3cnc4c(=O)[nH]c(/N=C/N(C)C)nc43)O1)[C@H]2O[P@@]1O[C@H](c2ccccc2)[C@@H]2CCCN21. The molecular weight excluding hydrogens is 521 g/mol. The van der Waals surface area contributed by atoms with Gasteiger partial charge in [-0.05, 0) is 24.8 Å². The van der Waals surface area contributed by atoms with Crippen LogP contribution in [0.3, 0.4) is 0 Å². The number of hydrogen-bond donors (Lipinski definition) is 1. The first-order valence-corrected chi connectivity index (χ1v) is 14.5. The average molecular weight is 554 g/mol. The molecule has 13 heteroatoms. The van der Waals surface area contributed by atoms with Gasteiger partial charge in [0.1, 0.15) is 23.9 Å². The number of imidazole rings is 1. The van der Waals surface area contributed by atoms with Crippen molar-refractivity contribution >= 4 is 32.0 Å². The molecule has 1 unspecified atom stereocenters. The number of fused-ring (bicyclic) bond motifs is 4. The van der Waals surface area contributed by atoms with Gasteiger partial charge in [0, 0.05) is 26.7 Å². The lowest BCUT2D eigenvalue weighted by molar-refractivity contribution is -0.172. The highest BCUT2D eigenvalue weighted by Crippen LogP contribution is 2.63.